The molecule has 0 aromatic carbocycles. The number of nitrogens with one attached hydrogen (secondary N) is 1. The summed E-state index contributed by atoms with van der Waals surface area (Å²) < 4.78 is 0. The Labute approximate surface area is 154 Å². The van der Waals surface area contributed by atoms with Gasteiger partial charge in [0.05, 0.1) is 0 Å². The Kier molecular flexibility index (Phi) is 4.61. The quantitative estimate of drug-likeness (QED) is 0.843. The fourth-order valence-electron chi connectivity index (χ4n) is 6.04. The molecule has 4 aliphatic rings. The second-order valence-electron chi connectivity index (χ2n) is 8.69. The maximum Gasteiger partial charge on any atom is 0.252 e. The molecule has 5 heteroatoms. The first-order valence-electron chi connectivity index (χ1n) is 9.57. The molecule has 1 aromatic heterocycles. The Morgan fingerprint density at radius 3 is 2.40 bits per heavy atom. The van der Waals surface area contributed by atoms with E-state index in [1.807, 2.05) is 22.7 Å². The van der Waals surface area contributed by atoms with Crippen LogP contribution in [0.15, 0.2) is 16.8 Å². The van der Waals surface area contributed by atoms with Gasteiger partial charge in [0.25, 0.3) is 5.91 Å². The molecule has 0 atom stereocenters. The van der Waals surface area contributed by atoms with E-state index >= 15 is 0 Å². The van der Waals surface area contributed by atoms with Gasteiger partial charge in [0, 0.05) is 37.5 Å². The van der Waals surface area contributed by atoms with Crippen molar-refractivity contribution in [3.8, 4) is 0 Å². The van der Waals surface area contributed by atoms with E-state index in [1.165, 1.54) is 49.9 Å². The summed E-state index contributed by atoms with van der Waals surface area (Å²) in [5.41, 5.74) is 1.07. The summed E-state index contributed by atoms with van der Waals surface area (Å²) in [7, 11) is 1.95. The molecule has 4 nitrogen and oxygen atoms in total. The van der Waals surface area contributed by atoms with Gasteiger partial charge in [-0.3, -0.25) is 9.59 Å². The van der Waals surface area contributed by atoms with E-state index < -0.39 is 0 Å². The number of thiophene rings is 1. The number of hydrogen-bond donors (Lipinski definition) is 1. The van der Waals surface area contributed by atoms with Crippen molar-refractivity contribution < 1.29 is 9.59 Å². The highest BCUT2D eigenvalue weighted by atomic mass is 32.1. The van der Waals surface area contributed by atoms with E-state index in [-0.39, 0.29) is 11.8 Å². The van der Waals surface area contributed by atoms with E-state index in [9.17, 15) is 9.59 Å². The fraction of sp³-hybridized carbons (Fsp3) is 0.700. The van der Waals surface area contributed by atoms with Gasteiger partial charge in [0.15, 0.2) is 0 Å². The highest BCUT2D eigenvalue weighted by molar-refractivity contribution is 7.08. The molecule has 4 fully saturated rings. The van der Waals surface area contributed by atoms with Gasteiger partial charge in [-0.2, -0.15) is 11.3 Å². The molecule has 4 bridgehead atoms. The van der Waals surface area contributed by atoms with Gasteiger partial charge in [-0.05, 0) is 73.1 Å². The van der Waals surface area contributed by atoms with Gasteiger partial charge in [-0.25, -0.2) is 0 Å². The Morgan fingerprint density at radius 2 is 1.84 bits per heavy atom. The zero-order chi connectivity index (χ0) is 17.4. The third kappa shape index (κ3) is 3.62. The lowest BCUT2D eigenvalue weighted by molar-refractivity contribution is -0.135. The zero-order valence-electron chi connectivity index (χ0n) is 15.0. The van der Waals surface area contributed by atoms with Crippen LogP contribution in [0.4, 0.5) is 0 Å². The first kappa shape index (κ1) is 17.1. The Morgan fingerprint density at radius 1 is 1.20 bits per heavy atom. The minimum Gasteiger partial charge on any atom is -0.351 e. The SMILES string of the molecule is CN(CC12CC3CC(CC(C3)C1)C2)C(=O)CCNC(=O)c1ccsc1. The van der Waals surface area contributed by atoms with Crippen LogP contribution in [0.25, 0.3) is 0 Å². The minimum atomic E-state index is -0.0854. The predicted molar refractivity (Wildman–Crippen MR) is 99.5 cm³/mol. The molecule has 0 aliphatic heterocycles. The summed E-state index contributed by atoms with van der Waals surface area (Å²) in [6, 6.07) is 1.81. The molecule has 0 unspecified atom stereocenters. The van der Waals surface area contributed by atoms with Gasteiger partial charge in [0.2, 0.25) is 5.91 Å². The van der Waals surface area contributed by atoms with E-state index in [0.717, 1.165) is 24.3 Å². The monoisotopic (exact) mass is 360 g/mol. The number of amides is 2. The van der Waals surface area contributed by atoms with Crippen LogP contribution in [-0.4, -0.2) is 36.9 Å². The summed E-state index contributed by atoms with van der Waals surface area (Å²) in [5, 5.41) is 6.57. The second kappa shape index (κ2) is 6.75. The van der Waals surface area contributed by atoms with Gasteiger partial charge in [-0.1, -0.05) is 0 Å². The van der Waals surface area contributed by atoms with E-state index in [4.69, 9.17) is 0 Å². The summed E-state index contributed by atoms with van der Waals surface area (Å²) in [5.74, 6) is 2.82. The first-order valence-corrected chi connectivity index (χ1v) is 10.5. The molecule has 5 rings (SSSR count). The van der Waals surface area contributed by atoms with Crippen LogP contribution in [0.2, 0.25) is 0 Å². The van der Waals surface area contributed by atoms with Crippen molar-refractivity contribution in [2.75, 3.05) is 20.1 Å². The maximum atomic E-state index is 12.5. The minimum absolute atomic E-state index is 0.0854. The molecule has 4 saturated carbocycles. The molecule has 136 valence electrons. The number of carbonyl (C=O) groups is 2. The molecule has 25 heavy (non-hydrogen) atoms. The van der Waals surface area contributed by atoms with Gasteiger partial charge < -0.3 is 10.2 Å². The van der Waals surface area contributed by atoms with Gasteiger partial charge in [0.1, 0.15) is 0 Å². The van der Waals surface area contributed by atoms with Crippen LogP contribution >= 0.6 is 11.3 Å². The van der Waals surface area contributed by atoms with Crippen LogP contribution < -0.4 is 5.32 Å². The standard InChI is InChI=1S/C20H28N2O2S/c1-22(18(23)2-4-21-19(24)17-3-5-25-12-17)13-20-9-14-6-15(10-20)8-16(7-14)11-20/h3,5,12,14-16H,2,4,6-11,13H2,1H3,(H,21,24). The summed E-state index contributed by atoms with van der Waals surface area (Å²) in [6.45, 7) is 1.33. The van der Waals surface area contributed by atoms with Crippen LogP contribution in [0, 0.1) is 23.2 Å². The number of rotatable bonds is 6. The molecule has 1 aromatic rings. The van der Waals surface area contributed by atoms with Crippen molar-refractivity contribution in [1.82, 2.24) is 10.2 Å². The van der Waals surface area contributed by atoms with Crippen molar-refractivity contribution in [1.29, 1.82) is 0 Å². The number of carbonyl (C=O) groups excluding carboxylic acids is 2. The molecule has 0 saturated heterocycles. The molecule has 4 aliphatic carbocycles. The largest absolute Gasteiger partial charge is 0.351 e. The van der Waals surface area contributed by atoms with Crippen LogP contribution in [0.1, 0.15) is 55.3 Å². The lowest BCUT2D eigenvalue weighted by Crippen LogP contribution is -2.51. The molecule has 1 N–H and O–H groups in total. The average molecular weight is 361 g/mol. The molecular weight excluding hydrogens is 332 g/mol. The van der Waals surface area contributed by atoms with E-state index in [0.29, 0.717) is 23.9 Å². The van der Waals surface area contributed by atoms with Crippen LogP contribution in [0.3, 0.4) is 0 Å². The van der Waals surface area contributed by atoms with Crippen molar-refractivity contribution in [2.45, 2.75) is 44.9 Å². The highest BCUT2D eigenvalue weighted by Gasteiger charge is 2.51. The zero-order valence-corrected chi connectivity index (χ0v) is 15.8. The lowest BCUT2D eigenvalue weighted by Gasteiger charge is -2.57. The maximum absolute atomic E-state index is 12.5. The molecule has 0 radical (unpaired) electrons. The smallest absolute Gasteiger partial charge is 0.252 e. The topological polar surface area (TPSA) is 49.4 Å². The fourth-order valence-corrected chi connectivity index (χ4v) is 6.68. The second-order valence-corrected chi connectivity index (χ2v) is 9.47. The van der Waals surface area contributed by atoms with E-state index in [1.54, 1.807) is 6.07 Å². The molecule has 2 amide bonds. The Hall–Kier alpha value is -1.36. The van der Waals surface area contributed by atoms with Crippen molar-refractivity contribution >= 4 is 23.2 Å². The lowest BCUT2D eigenvalue weighted by atomic mass is 9.49. The van der Waals surface area contributed by atoms with Crippen LogP contribution in [-0.2, 0) is 4.79 Å². The van der Waals surface area contributed by atoms with Gasteiger partial charge in [-0.15, -0.1) is 0 Å². The predicted octanol–water partition coefficient (Wildman–Crippen LogP) is 3.54. The van der Waals surface area contributed by atoms with Crippen LogP contribution in [0.5, 0.6) is 0 Å². The third-order valence-corrected chi connectivity index (χ3v) is 7.25. The normalized spacial score (nSPS) is 32.6. The van der Waals surface area contributed by atoms with Gasteiger partial charge >= 0.3 is 0 Å². The van der Waals surface area contributed by atoms with E-state index in [2.05, 4.69) is 5.32 Å². The van der Waals surface area contributed by atoms with Crippen molar-refractivity contribution in [3.63, 3.8) is 0 Å². The molecular formula is C20H28N2O2S. The highest BCUT2D eigenvalue weighted by Crippen LogP contribution is 2.60. The average Bonchev–Trinajstić information content (AvgIpc) is 3.07. The molecule has 1 heterocycles. The first-order chi connectivity index (χ1) is 12.0. The molecule has 0 spiro atoms. The number of hydrogen-bond acceptors (Lipinski definition) is 3. The van der Waals surface area contributed by atoms with Crippen molar-refractivity contribution in [2.24, 2.45) is 23.2 Å². The Balaban J connectivity index is 1.26. The third-order valence-electron chi connectivity index (χ3n) is 6.57. The summed E-state index contributed by atoms with van der Waals surface area (Å²) in [6.07, 6.45) is 8.67. The summed E-state index contributed by atoms with van der Waals surface area (Å²) in [4.78, 5) is 26.4. The summed E-state index contributed by atoms with van der Waals surface area (Å²) >= 11 is 1.51. The Bertz CT molecular complexity index is 605. The number of nitrogens with zero attached hydrogens (tertiary/aromatic N) is 1. The van der Waals surface area contributed by atoms with Crippen molar-refractivity contribution in [3.05, 3.63) is 22.4 Å².